The molecule has 0 heterocycles. The van der Waals surface area contributed by atoms with Gasteiger partial charge in [0.1, 0.15) is 0 Å². The second-order valence-electron chi connectivity index (χ2n) is 4.77. The van der Waals surface area contributed by atoms with Crippen LogP contribution in [0.1, 0.15) is 23.6 Å². The number of nitriles is 1. The maximum absolute atomic E-state index is 8.87. The van der Waals surface area contributed by atoms with Gasteiger partial charge < -0.3 is 4.90 Å². The lowest BCUT2D eigenvalue weighted by atomic mass is 10.1. The molecule has 0 aliphatic carbocycles. The number of hydrogen-bond acceptors (Lipinski definition) is 2. The van der Waals surface area contributed by atoms with E-state index in [-0.39, 0.29) is 0 Å². The van der Waals surface area contributed by atoms with Crippen molar-refractivity contribution in [3.8, 4) is 6.07 Å². The first-order valence-electron chi connectivity index (χ1n) is 6.64. The molecule has 102 valence electrons. The summed E-state index contributed by atoms with van der Waals surface area (Å²) in [5.74, 6) is 0. The maximum Gasteiger partial charge on any atom is 0.0992 e. The maximum atomic E-state index is 8.87. The summed E-state index contributed by atoms with van der Waals surface area (Å²) < 4.78 is 0. The van der Waals surface area contributed by atoms with Crippen LogP contribution in [0.4, 0.5) is 5.69 Å². The van der Waals surface area contributed by atoms with E-state index in [2.05, 4.69) is 49.1 Å². The van der Waals surface area contributed by atoms with Gasteiger partial charge in [-0.1, -0.05) is 29.8 Å². The van der Waals surface area contributed by atoms with E-state index in [1.807, 2.05) is 12.1 Å². The molecule has 0 unspecified atom stereocenters. The van der Waals surface area contributed by atoms with E-state index >= 15 is 0 Å². The van der Waals surface area contributed by atoms with Crippen LogP contribution in [-0.4, -0.2) is 6.54 Å². The number of anilines is 1. The zero-order valence-electron chi connectivity index (χ0n) is 11.7. The van der Waals surface area contributed by atoms with E-state index in [1.54, 1.807) is 6.07 Å². The summed E-state index contributed by atoms with van der Waals surface area (Å²) in [6.07, 6.45) is 0. The van der Waals surface area contributed by atoms with E-state index < -0.39 is 0 Å². The monoisotopic (exact) mass is 284 g/mol. The molecule has 3 heteroatoms. The van der Waals surface area contributed by atoms with Gasteiger partial charge in [0.15, 0.2) is 0 Å². The van der Waals surface area contributed by atoms with E-state index in [0.29, 0.717) is 10.6 Å². The van der Waals surface area contributed by atoms with Gasteiger partial charge in [-0.3, -0.25) is 0 Å². The second kappa shape index (κ2) is 6.45. The molecule has 0 spiro atoms. The van der Waals surface area contributed by atoms with Crippen molar-refractivity contribution >= 4 is 17.3 Å². The van der Waals surface area contributed by atoms with Crippen molar-refractivity contribution in [2.75, 3.05) is 11.4 Å². The first-order valence-corrected chi connectivity index (χ1v) is 7.02. The van der Waals surface area contributed by atoms with Crippen LogP contribution in [0.3, 0.4) is 0 Å². The number of benzene rings is 2. The molecule has 2 aromatic carbocycles. The predicted molar refractivity (Wildman–Crippen MR) is 84.1 cm³/mol. The van der Waals surface area contributed by atoms with E-state index in [9.17, 15) is 0 Å². The molecule has 2 rings (SSSR count). The Morgan fingerprint density at radius 1 is 1.20 bits per heavy atom. The van der Waals surface area contributed by atoms with Crippen molar-refractivity contribution in [1.82, 2.24) is 0 Å². The molecule has 20 heavy (non-hydrogen) atoms. The van der Waals surface area contributed by atoms with Gasteiger partial charge in [0, 0.05) is 23.8 Å². The molecule has 0 saturated carbocycles. The van der Waals surface area contributed by atoms with Crippen LogP contribution < -0.4 is 4.90 Å². The average Bonchev–Trinajstić information content (AvgIpc) is 2.46. The Bertz CT molecular complexity index is 644. The SMILES string of the molecule is CCN(Cc1ccc(C#N)cc1Cl)c1cccc(C)c1. The fourth-order valence-electron chi connectivity index (χ4n) is 2.16. The Labute approximate surface area is 125 Å². The van der Waals surface area contributed by atoms with E-state index in [4.69, 9.17) is 16.9 Å². The normalized spacial score (nSPS) is 10.1. The highest BCUT2D eigenvalue weighted by molar-refractivity contribution is 6.31. The van der Waals surface area contributed by atoms with Crippen molar-refractivity contribution in [1.29, 1.82) is 5.26 Å². The van der Waals surface area contributed by atoms with Crippen LogP contribution in [0.2, 0.25) is 5.02 Å². The summed E-state index contributed by atoms with van der Waals surface area (Å²) in [6, 6.07) is 16.0. The molecule has 0 saturated heterocycles. The van der Waals surface area contributed by atoms with Crippen LogP contribution in [0.25, 0.3) is 0 Å². The third-order valence-corrected chi connectivity index (χ3v) is 3.64. The van der Waals surface area contributed by atoms with Gasteiger partial charge in [-0.05, 0) is 49.2 Å². The van der Waals surface area contributed by atoms with Crippen molar-refractivity contribution in [2.24, 2.45) is 0 Å². The van der Waals surface area contributed by atoms with Gasteiger partial charge in [-0.25, -0.2) is 0 Å². The van der Waals surface area contributed by atoms with Gasteiger partial charge in [0.05, 0.1) is 11.6 Å². The smallest absolute Gasteiger partial charge is 0.0992 e. The number of nitrogens with zero attached hydrogens (tertiary/aromatic N) is 2. The zero-order valence-corrected chi connectivity index (χ0v) is 12.5. The Morgan fingerprint density at radius 2 is 2.00 bits per heavy atom. The minimum Gasteiger partial charge on any atom is -0.367 e. The molecule has 0 aliphatic rings. The molecule has 0 amide bonds. The molecular weight excluding hydrogens is 268 g/mol. The summed E-state index contributed by atoms with van der Waals surface area (Å²) in [7, 11) is 0. The molecule has 2 aromatic rings. The van der Waals surface area contributed by atoms with Crippen molar-refractivity contribution in [2.45, 2.75) is 20.4 Å². The average molecular weight is 285 g/mol. The highest BCUT2D eigenvalue weighted by Crippen LogP contribution is 2.23. The summed E-state index contributed by atoms with van der Waals surface area (Å²) >= 11 is 6.25. The minimum atomic E-state index is 0.595. The molecule has 0 aromatic heterocycles. The number of rotatable bonds is 4. The summed E-state index contributed by atoms with van der Waals surface area (Å²) in [4.78, 5) is 2.26. The van der Waals surface area contributed by atoms with Gasteiger partial charge >= 0.3 is 0 Å². The molecule has 0 radical (unpaired) electrons. The Balaban J connectivity index is 2.25. The minimum absolute atomic E-state index is 0.595. The van der Waals surface area contributed by atoms with Gasteiger partial charge in [-0.15, -0.1) is 0 Å². The lowest BCUT2D eigenvalue weighted by Gasteiger charge is -2.24. The Hall–Kier alpha value is -1.98. The van der Waals surface area contributed by atoms with Crippen molar-refractivity contribution in [3.05, 3.63) is 64.2 Å². The van der Waals surface area contributed by atoms with Crippen LogP contribution in [0.15, 0.2) is 42.5 Å². The largest absolute Gasteiger partial charge is 0.367 e. The van der Waals surface area contributed by atoms with Crippen LogP contribution in [0, 0.1) is 18.3 Å². The van der Waals surface area contributed by atoms with Gasteiger partial charge in [0.25, 0.3) is 0 Å². The lowest BCUT2D eigenvalue weighted by molar-refractivity contribution is 0.831. The molecule has 2 nitrogen and oxygen atoms in total. The van der Waals surface area contributed by atoms with Crippen molar-refractivity contribution < 1.29 is 0 Å². The van der Waals surface area contributed by atoms with E-state index in [0.717, 1.165) is 18.7 Å². The van der Waals surface area contributed by atoms with Crippen molar-refractivity contribution in [3.63, 3.8) is 0 Å². The first-order chi connectivity index (χ1) is 9.63. The quantitative estimate of drug-likeness (QED) is 0.824. The number of aryl methyl sites for hydroxylation is 1. The molecule has 0 fully saturated rings. The lowest BCUT2D eigenvalue weighted by Crippen LogP contribution is -2.22. The number of halogens is 1. The summed E-state index contributed by atoms with van der Waals surface area (Å²) in [5, 5.41) is 9.52. The predicted octanol–water partition coefficient (Wildman–Crippen LogP) is 4.55. The molecule has 0 atom stereocenters. The summed E-state index contributed by atoms with van der Waals surface area (Å²) in [6.45, 7) is 5.86. The molecular formula is C17H17ClN2. The van der Waals surface area contributed by atoms with Crippen LogP contribution in [-0.2, 0) is 6.54 Å². The third-order valence-electron chi connectivity index (χ3n) is 3.29. The van der Waals surface area contributed by atoms with Crippen LogP contribution in [0.5, 0.6) is 0 Å². The highest BCUT2D eigenvalue weighted by Gasteiger charge is 2.09. The number of hydrogen-bond donors (Lipinski definition) is 0. The fourth-order valence-corrected chi connectivity index (χ4v) is 2.40. The van der Waals surface area contributed by atoms with Gasteiger partial charge in [-0.2, -0.15) is 5.26 Å². The van der Waals surface area contributed by atoms with Crippen LogP contribution >= 0.6 is 11.6 Å². The van der Waals surface area contributed by atoms with E-state index in [1.165, 1.54) is 11.3 Å². The first kappa shape index (κ1) is 14.4. The zero-order chi connectivity index (χ0) is 14.5. The Morgan fingerprint density at radius 3 is 2.60 bits per heavy atom. The Kier molecular flexibility index (Phi) is 4.65. The second-order valence-corrected chi connectivity index (χ2v) is 5.18. The fraction of sp³-hybridized carbons (Fsp3) is 0.235. The third kappa shape index (κ3) is 3.31. The van der Waals surface area contributed by atoms with Gasteiger partial charge in [0.2, 0.25) is 0 Å². The topological polar surface area (TPSA) is 27.0 Å². The molecule has 0 N–H and O–H groups in total. The molecule has 0 bridgehead atoms. The standard InChI is InChI=1S/C17H17ClN2/c1-3-20(16-6-4-5-13(2)9-16)12-15-8-7-14(11-19)10-17(15)18/h4-10H,3,12H2,1-2H3. The summed E-state index contributed by atoms with van der Waals surface area (Å²) in [5.41, 5.74) is 4.06. The molecule has 0 aliphatic heterocycles. The highest BCUT2D eigenvalue weighted by atomic mass is 35.5.